The van der Waals surface area contributed by atoms with Gasteiger partial charge in [-0.05, 0) is 35.1 Å². The summed E-state index contributed by atoms with van der Waals surface area (Å²) in [6.45, 7) is 0. The Morgan fingerprint density at radius 2 is 2.29 bits per heavy atom. The summed E-state index contributed by atoms with van der Waals surface area (Å²) in [6, 6.07) is 10.1. The first kappa shape index (κ1) is 11.6. The quantitative estimate of drug-likeness (QED) is 0.855. The number of nitrogens with one attached hydrogen (secondary N) is 1. The van der Waals surface area contributed by atoms with Crippen molar-refractivity contribution < 1.29 is 0 Å². The van der Waals surface area contributed by atoms with Crippen molar-refractivity contribution in [3.63, 3.8) is 0 Å². The topological polar surface area (TPSA) is 35.8 Å². The molecule has 0 radical (unpaired) electrons. The lowest BCUT2D eigenvalue weighted by atomic mass is 10.4. The van der Waals surface area contributed by atoms with Gasteiger partial charge in [0, 0.05) is 15.1 Å². The predicted octanol–water partition coefficient (Wildman–Crippen LogP) is 2.65. The molecule has 2 nitrogen and oxygen atoms in total. The average molecular weight is 271 g/mol. The summed E-state index contributed by atoms with van der Waals surface area (Å²) in [6.07, 6.45) is 0. The maximum atomic E-state index is 8.74. The first-order chi connectivity index (χ1) is 6.77. The highest BCUT2D eigenvalue weighted by atomic mass is 79.9. The fourth-order valence-electron chi connectivity index (χ4n) is 0.920. The molecular formula is C10H11BrN2S. The summed E-state index contributed by atoms with van der Waals surface area (Å²) in [5, 5.41) is 11.7. The number of thioether (sulfide) groups is 1. The molecule has 0 saturated heterocycles. The number of hydrogen-bond donors (Lipinski definition) is 1. The molecule has 0 aromatic heterocycles. The smallest absolute Gasteiger partial charge is 0.104 e. The van der Waals surface area contributed by atoms with E-state index in [9.17, 15) is 0 Å². The first-order valence-corrected chi connectivity index (χ1v) is 6.00. The normalized spacial score (nSPS) is 12.1. The second-order valence-electron chi connectivity index (χ2n) is 2.71. The minimum Gasteiger partial charge on any atom is -0.304 e. The number of rotatable bonds is 4. The van der Waals surface area contributed by atoms with Crippen molar-refractivity contribution in [2.75, 3.05) is 12.8 Å². The van der Waals surface area contributed by atoms with Gasteiger partial charge in [0.1, 0.15) is 6.04 Å². The molecule has 1 rings (SSSR count). The molecule has 4 heteroatoms. The SMILES string of the molecule is CNC(C#N)CSc1ccccc1Br. The second kappa shape index (κ2) is 6.07. The summed E-state index contributed by atoms with van der Waals surface area (Å²) < 4.78 is 1.08. The summed E-state index contributed by atoms with van der Waals surface area (Å²) in [5.74, 6) is 0.760. The monoisotopic (exact) mass is 270 g/mol. The zero-order chi connectivity index (χ0) is 10.4. The van der Waals surface area contributed by atoms with E-state index in [2.05, 4.69) is 27.3 Å². The van der Waals surface area contributed by atoms with Crippen molar-refractivity contribution in [1.82, 2.24) is 5.32 Å². The molecule has 1 atom stereocenters. The molecule has 1 N–H and O–H groups in total. The van der Waals surface area contributed by atoms with Gasteiger partial charge in [0.2, 0.25) is 0 Å². The molecule has 0 aliphatic carbocycles. The van der Waals surface area contributed by atoms with Gasteiger partial charge in [-0.25, -0.2) is 0 Å². The van der Waals surface area contributed by atoms with Crippen molar-refractivity contribution in [2.24, 2.45) is 0 Å². The van der Waals surface area contributed by atoms with E-state index in [1.54, 1.807) is 18.8 Å². The third-order valence-corrected chi connectivity index (χ3v) is 3.87. The Balaban J connectivity index is 2.54. The maximum absolute atomic E-state index is 8.74. The van der Waals surface area contributed by atoms with Gasteiger partial charge in [-0.2, -0.15) is 5.26 Å². The highest BCUT2D eigenvalue weighted by Gasteiger charge is 2.05. The van der Waals surface area contributed by atoms with E-state index in [0.29, 0.717) is 0 Å². The third-order valence-electron chi connectivity index (χ3n) is 1.75. The molecular weight excluding hydrogens is 260 g/mol. The van der Waals surface area contributed by atoms with Crippen molar-refractivity contribution in [2.45, 2.75) is 10.9 Å². The van der Waals surface area contributed by atoms with Crippen LogP contribution in [0.3, 0.4) is 0 Å². The number of halogens is 1. The largest absolute Gasteiger partial charge is 0.304 e. The minimum absolute atomic E-state index is 0.0906. The van der Waals surface area contributed by atoms with E-state index in [-0.39, 0.29) is 6.04 Å². The van der Waals surface area contributed by atoms with Crippen LogP contribution in [0.4, 0.5) is 0 Å². The second-order valence-corrected chi connectivity index (χ2v) is 4.63. The summed E-state index contributed by atoms with van der Waals surface area (Å²) in [4.78, 5) is 1.17. The fraction of sp³-hybridized carbons (Fsp3) is 0.300. The van der Waals surface area contributed by atoms with Crippen LogP contribution < -0.4 is 5.32 Å². The van der Waals surface area contributed by atoms with Crippen LogP contribution >= 0.6 is 27.7 Å². The zero-order valence-corrected chi connectivity index (χ0v) is 10.2. The number of hydrogen-bond acceptors (Lipinski definition) is 3. The van der Waals surface area contributed by atoms with Gasteiger partial charge in [0.15, 0.2) is 0 Å². The Bertz CT molecular complexity index is 335. The lowest BCUT2D eigenvalue weighted by molar-refractivity contribution is 0.750. The summed E-state index contributed by atoms with van der Waals surface area (Å²) >= 11 is 5.14. The summed E-state index contributed by atoms with van der Waals surface area (Å²) in [5.41, 5.74) is 0. The molecule has 1 aromatic rings. The zero-order valence-electron chi connectivity index (χ0n) is 7.83. The Morgan fingerprint density at radius 1 is 1.57 bits per heavy atom. The van der Waals surface area contributed by atoms with Gasteiger partial charge in [-0.3, -0.25) is 0 Å². The average Bonchev–Trinajstić information content (AvgIpc) is 2.22. The molecule has 1 unspecified atom stereocenters. The van der Waals surface area contributed by atoms with Crippen LogP contribution in [0.15, 0.2) is 33.6 Å². The van der Waals surface area contributed by atoms with Crippen LogP contribution in [-0.4, -0.2) is 18.8 Å². The molecule has 0 spiro atoms. The van der Waals surface area contributed by atoms with Crippen LogP contribution in [0.25, 0.3) is 0 Å². The van der Waals surface area contributed by atoms with Gasteiger partial charge in [-0.1, -0.05) is 12.1 Å². The van der Waals surface area contributed by atoms with Gasteiger partial charge >= 0.3 is 0 Å². The number of nitriles is 1. The van der Waals surface area contributed by atoms with Crippen molar-refractivity contribution in [3.05, 3.63) is 28.7 Å². The summed E-state index contributed by atoms with van der Waals surface area (Å²) in [7, 11) is 1.80. The van der Waals surface area contributed by atoms with Gasteiger partial charge in [0.05, 0.1) is 6.07 Å². The Hall–Kier alpha value is -0.500. The third kappa shape index (κ3) is 3.33. The molecule has 0 amide bonds. The van der Waals surface area contributed by atoms with E-state index in [1.807, 2.05) is 24.3 Å². The number of nitrogens with zero attached hydrogens (tertiary/aromatic N) is 1. The van der Waals surface area contributed by atoms with Crippen molar-refractivity contribution in [3.8, 4) is 6.07 Å². The molecule has 1 aromatic carbocycles. The first-order valence-electron chi connectivity index (χ1n) is 4.22. The Kier molecular flexibility index (Phi) is 5.02. The van der Waals surface area contributed by atoms with Crippen molar-refractivity contribution in [1.29, 1.82) is 5.26 Å². The molecule has 0 aliphatic heterocycles. The molecule has 0 bridgehead atoms. The fourth-order valence-corrected chi connectivity index (χ4v) is 2.52. The molecule has 74 valence electrons. The molecule has 0 aliphatic rings. The Morgan fingerprint density at radius 3 is 2.86 bits per heavy atom. The molecule has 14 heavy (non-hydrogen) atoms. The van der Waals surface area contributed by atoms with Gasteiger partial charge < -0.3 is 5.32 Å². The standard InChI is InChI=1S/C10H11BrN2S/c1-13-8(6-12)7-14-10-5-3-2-4-9(10)11/h2-5,8,13H,7H2,1H3. The van der Waals surface area contributed by atoms with Gasteiger partial charge in [0.25, 0.3) is 0 Å². The maximum Gasteiger partial charge on any atom is 0.104 e. The van der Waals surface area contributed by atoms with Crippen LogP contribution in [0, 0.1) is 11.3 Å². The van der Waals surface area contributed by atoms with E-state index in [4.69, 9.17) is 5.26 Å². The lowest BCUT2D eigenvalue weighted by Gasteiger charge is -2.07. The highest BCUT2D eigenvalue weighted by Crippen LogP contribution is 2.27. The highest BCUT2D eigenvalue weighted by molar-refractivity contribution is 9.10. The van der Waals surface area contributed by atoms with Crippen LogP contribution in [0.2, 0.25) is 0 Å². The van der Waals surface area contributed by atoms with Crippen LogP contribution in [0.1, 0.15) is 0 Å². The molecule has 0 heterocycles. The van der Waals surface area contributed by atoms with Crippen LogP contribution in [0.5, 0.6) is 0 Å². The van der Waals surface area contributed by atoms with E-state index < -0.39 is 0 Å². The van der Waals surface area contributed by atoms with Crippen molar-refractivity contribution >= 4 is 27.7 Å². The van der Waals surface area contributed by atoms with E-state index >= 15 is 0 Å². The lowest BCUT2D eigenvalue weighted by Crippen LogP contribution is -2.25. The minimum atomic E-state index is -0.0906. The van der Waals surface area contributed by atoms with Crippen LogP contribution in [-0.2, 0) is 0 Å². The predicted molar refractivity (Wildman–Crippen MR) is 63.3 cm³/mol. The Labute approximate surface area is 96.8 Å². The van der Waals surface area contributed by atoms with E-state index in [1.165, 1.54) is 4.90 Å². The molecule has 0 fully saturated rings. The number of benzene rings is 1. The molecule has 0 saturated carbocycles. The van der Waals surface area contributed by atoms with E-state index in [0.717, 1.165) is 10.2 Å². The van der Waals surface area contributed by atoms with Gasteiger partial charge in [-0.15, -0.1) is 11.8 Å².